The van der Waals surface area contributed by atoms with Crippen LogP contribution in [-0.4, -0.2) is 37.1 Å². The highest BCUT2D eigenvalue weighted by molar-refractivity contribution is 6.01. The van der Waals surface area contributed by atoms with Gasteiger partial charge in [-0.25, -0.2) is 0 Å². The van der Waals surface area contributed by atoms with Crippen molar-refractivity contribution in [1.82, 2.24) is 5.32 Å². The fourth-order valence-corrected chi connectivity index (χ4v) is 4.21. The molecule has 1 heterocycles. The monoisotopic (exact) mass is 436 g/mol. The van der Waals surface area contributed by atoms with E-state index in [1.807, 2.05) is 36.4 Å². The summed E-state index contributed by atoms with van der Waals surface area (Å²) in [4.78, 5) is 27.7. The van der Waals surface area contributed by atoms with Crippen molar-refractivity contribution in [3.05, 3.63) is 59.2 Å². The lowest BCUT2D eigenvalue weighted by molar-refractivity contribution is -0.117. The maximum Gasteiger partial charge on any atom is 0.251 e. The van der Waals surface area contributed by atoms with Crippen LogP contribution in [0.4, 0.5) is 11.4 Å². The van der Waals surface area contributed by atoms with Crippen LogP contribution >= 0.6 is 0 Å². The van der Waals surface area contributed by atoms with E-state index in [1.165, 1.54) is 0 Å². The fourth-order valence-electron chi connectivity index (χ4n) is 4.21. The molecule has 2 aromatic rings. The molecule has 1 aliphatic heterocycles. The van der Waals surface area contributed by atoms with Crippen LogP contribution in [-0.2, 0) is 22.6 Å². The minimum atomic E-state index is -0.181. The van der Waals surface area contributed by atoms with Gasteiger partial charge in [-0.3, -0.25) is 9.59 Å². The van der Waals surface area contributed by atoms with Crippen molar-refractivity contribution in [3.63, 3.8) is 0 Å². The molecular formula is C25H32N4O3. The normalized spacial score (nSPS) is 20.7. The molecule has 1 aliphatic carbocycles. The summed E-state index contributed by atoms with van der Waals surface area (Å²) in [7, 11) is 0. The molecule has 4 rings (SSSR count). The number of hydrogen-bond acceptors (Lipinski definition) is 5. The Morgan fingerprint density at radius 2 is 1.78 bits per heavy atom. The molecule has 2 fully saturated rings. The van der Waals surface area contributed by atoms with Gasteiger partial charge in [0.25, 0.3) is 5.91 Å². The zero-order valence-corrected chi connectivity index (χ0v) is 18.8. The van der Waals surface area contributed by atoms with E-state index in [0.29, 0.717) is 37.6 Å². The Kier molecular flexibility index (Phi) is 6.77. The zero-order chi connectivity index (χ0) is 22.7. The quantitative estimate of drug-likeness (QED) is 0.620. The number of amides is 2. The van der Waals surface area contributed by atoms with E-state index in [4.69, 9.17) is 10.5 Å². The van der Waals surface area contributed by atoms with E-state index in [2.05, 4.69) is 29.4 Å². The summed E-state index contributed by atoms with van der Waals surface area (Å²) in [6, 6.07) is 13.7. The molecule has 2 amide bonds. The van der Waals surface area contributed by atoms with Crippen molar-refractivity contribution in [2.75, 3.05) is 23.4 Å². The van der Waals surface area contributed by atoms with Gasteiger partial charge in [0.1, 0.15) is 0 Å². The third-order valence-corrected chi connectivity index (χ3v) is 6.09. The van der Waals surface area contributed by atoms with E-state index in [9.17, 15) is 9.59 Å². The lowest BCUT2D eigenvalue weighted by Gasteiger charge is -2.41. The van der Waals surface area contributed by atoms with Crippen LogP contribution in [0.1, 0.15) is 48.2 Å². The second-order valence-corrected chi connectivity index (χ2v) is 8.84. The number of rotatable bonds is 7. The highest BCUT2D eigenvalue weighted by Crippen LogP contribution is 2.35. The lowest BCUT2D eigenvalue weighted by atomic mass is 10.1. The second kappa shape index (κ2) is 9.71. The second-order valence-electron chi connectivity index (χ2n) is 8.84. The summed E-state index contributed by atoms with van der Waals surface area (Å²) in [6.07, 6.45) is 1.85. The number of ether oxygens (including phenoxy) is 1. The lowest BCUT2D eigenvalue weighted by Crippen LogP contribution is -2.50. The molecule has 4 N–H and O–H groups in total. The van der Waals surface area contributed by atoms with Gasteiger partial charge in [0, 0.05) is 36.7 Å². The minimum absolute atomic E-state index is 0.0240. The topological polar surface area (TPSA) is 96.7 Å². The summed E-state index contributed by atoms with van der Waals surface area (Å²) in [5.41, 5.74) is 9.86. The first kappa shape index (κ1) is 22.3. The summed E-state index contributed by atoms with van der Waals surface area (Å²) in [5.74, 6) is -0.0784. The predicted molar refractivity (Wildman–Crippen MR) is 126 cm³/mol. The van der Waals surface area contributed by atoms with Crippen LogP contribution in [0, 0.1) is 5.92 Å². The molecule has 2 unspecified atom stereocenters. The first-order valence-electron chi connectivity index (χ1n) is 11.3. The molecule has 0 bridgehead atoms. The number of nitrogens with one attached hydrogen (secondary N) is 2. The van der Waals surface area contributed by atoms with E-state index in [-0.39, 0.29) is 29.8 Å². The first-order valence-corrected chi connectivity index (χ1v) is 11.3. The number of benzene rings is 2. The number of hydrogen-bond donors (Lipinski definition) is 3. The molecule has 0 spiro atoms. The molecule has 2 aromatic carbocycles. The molecule has 1 saturated heterocycles. The van der Waals surface area contributed by atoms with Gasteiger partial charge in [0.2, 0.25) is 5.91 Å². The largest absolute Gasteiger partial charge is 0.377 e. The zero-order valence-electron chi connectivity index (χ0n) is 18.8. The maximum atomic E-state index is 12.9. The maximum absolute atomic E-state index is 12.9. The molecule has 7 nitrogen and oxygen atoms in total. The van der Waals surface area contributed by atoms with Crippen LogP contribution in [0.15, 0.2) is 42.5 Å². The predicted octanol–water partition coefficient (Wildman–Crippen LogP) is 3.04. The highest BCUT2D eigenvalue weighted by atomic mass is 16.5. The van der Waals surface area contributed by atoms with Crippen LogP contribution in [0.25, 0.3) is 0 Å². The number of nitrogens with two attached hydrogens (primary N) is 1. The molecule has 0 aromatic heterocycles. The Hall–Kier alpha value is -2.90. The third-order valence-electron chi connectivity index (χ3n) is 6.09. The first-order chi connectivity index (χ1) is 15.5. The number of carbonyl (C=O) groups is 2. The molecule has 2 aliphatic rings. The van der Waals surface area contributed by atoms with E-state index in [1.54, 1.807) is 6.07 Å². The standard InChI is InChI=1S/C25H32N4O3/c1-16-14-32-15-17(2)29(16)23-9-8-21(11-22(23)28-25(31)20-6-7-20)24(30)27-13-19-5-3-4-18(10-19)12-26/h3-5,8-11,16-17,20H,6-7,12-15,26H2,1-2H3,(H,27,30)(H,28,31). The average molecular weight is 437 g/mol. The molecule has 170 valence electrons. The van der Waals surface area contributed by atoms with Gasteiger partial charge < -0.3 is 26.0 Å². The van der Waals surface area contributed by atoms with Crippen LogP contribution in [0.5, 0.6) is 0 Å². The van der Waals surface area contributed by atoms with Gasteiger partial charge >= 0.3 is 0 Å². The molecular weight excluding hydrogens is 404 g/mol. The van der Waals surface area contributed by atoms with Crippen LogP contribution < -0.4 is 21.3 Å². The van der Waals surface area contributed by atoms with Gasteiger partial charge in [-0.15, -0.1) is 0 Å². The Morgan fingerprint density at radius 1 is 1.06 bits per heavy atom. The van der Waals surface area contributed by atoms with Gasteiger partial charge in [-0.05, 0) is 56.0 Å². The summed E-state index contributed by atoms with van der Waals surface area (Å²) in [6.45, 7) is 6.35. The van der Waals surface area contributed by atoms with E-state index < -0.39 is 0 Å². The van der Waals surface area contributed by atoms with Gasteiger partial charge in [-0.2, -0.15) is 0 Å². The van der Waals surface area contributed by atoms with Crippen molar-refractivity contribution in [2.24, 2.45) is 11.7 Å². The van der Waals surface area contributed by atoms with Crippen LogP contribution in [0.2, 0.25) is 0 Å². The van der Waals surface area contributed by atoms with Crippen molar-refractivity contribution in [3.8, 4) is 0 Å². The number of carbonyl (C=O) groups excluding carboxylic acids is 2. The Bertz CT molecular complexity index is 979. The van der Waals surface area contributed by atoms with Crippen LogP contribution in [0.3, 0.4) is 0 Å². The van der Waals surface area contributed by atoms with Gasteiger partial charge in [-0.1, -0.05) is 24.3 Å². The van der Waals surface area contributed by atoms with E-state index >= 15 is 0 Å². The Labute approximate surface area is 189 Å². The Morgan fingerprint density at radius 3 is 2.47 bits per heavy atom. The van der Waals surface area contributed by atoms with Gasteiger partial charge in [0.05, 0.1) is 24.6 Å². The minimum Gasteiger partial charge on any atom is -0.377 e. The summed E-state index contributed by atoms with van der Waals surface area (Å²) < 4.78 is 5.67. The smallest absolute Gasteiger partial charge is 0.251 e. The Balaban J connectivity index is 1.55. The number of anilines is 2. The molecule has 7 heteroatoms. The van der Waals surface area contributed by atoms with Crippen molar-refractivity contribution in [1.29, 1.82) is 0 Å². The van der Waals surface area contributed by atoms with E-state index in [0.717, 1.165) is 29.7 Å². The molecule has 2 atom stereocenters. The highest BCUT2D eigenvalue weighted by Gasteiger charge is 2.32. The van der Waals surface area contributed by atoms with Gasteiger partial charge in [0.15, 0.2) is 0 Å². The third kappa shape index (κ3) is 5.11. The molecule has 1 saturated carbocycles. The average Bonchev–Trinajstić information content (AvgIpc) is 3.64. The summed E-state index contributed by atoms with van der Waals surface area (Å²) >= 11 is 0. The van der Waals surface area contributed by atoms with Crippen molar-refractivity contribution < 1.29 is 14.3 Å². The molecule has 32 heavy (non-hydrogen) atoms. The summed E-state index contributed by atoms with van der Waals surface area (Å²) in [5, 5.41) is 6.05. The number of nitrogens with zero attached hydrogens (tertiary/aromatic N) is 1. The fraction of sp³-hybridized carbons (Fsp3) is 0.440. The SMILES string of the molecule is CC1COCC(C)N1c1ccc(C(=O)NCc2cccc(CN)c2)cc1NC(=O)C1CC1. The number of morpholine rings is 1. The molecule has 0 radical (unpaired) electrons. The van der Waals surface area contributed by atoms with Crippen molar-refractivity contribution >= 4 is 23.2 Å². The van der Waals surface area contributed by atoms with Crippen molar-refractivity contribution in [2.45, 2.75) is 51.9 Å².